The molecule has 0 aromatic carbocycles. The number of hydrogen-bond donors (Lipinski definition) is 4. The number of piperidine rings is 1. The van der Waals surface area contributed by atoms with Crippen LogP contribution in [0.3, 0.4) is 0 Å². The number of carbonyl (C=O) groups excluding carboxylic acids is 6. The predicted molar refractivity (Wildman–Crippen MR) is 471 cm³/mol. The van der Waals surface area contributed by atoms with Crippen molar-refractivity contribution in [2.24, 2.45) is 35.5 Å². The highest BCUT2D eigenvalue weighted by molar-refractivity contribution is 6.39. The first kappa shape index (κ1) is 102. The molecule has 0 radical (unpaired) electrons. The fourth-order valence-corrected chi connectivity index (χ4v) is 16.8. The summed E-state index contributed by atoms with van der Waals surface area (Å²) in [5.41, 5.74) is 12.8. The van der Waals surface area contributed by atoms with Crippen LogP contribution in [0.25, 0.3) is 28.4 Å². The Bertz CT molecular complexity index is 4170. The number of carbonyl (C=O) groups is 6. The zero-order valence-electron chi connectivity index (χ0n) is 76.0. The molecule has 0 unspecified atom stereocenters. The van der Waals surface area contributed by atoms with Gasteiger partial charge in [-0.2, -0.15) is 5.10 Å². The van der Waals surface area contributed by atoms with E-state index in [9.17, 15) is 39.0 Å². The van der Waals surface area contributed by atoms with Gasteiger partial charge in [0.05, 0.1) is 153 Å². The maximum Gasteiger partial charge on any atom is 0.329 e. The smallest absolute Gasteiger partial charge is 0.329 e. The van der Waals surface area contributed by atoms with Crippen LogP contribution in [0.15, 0.2) is 78.5 Å². The number of methoxy groups -OCH3 is 3. The van der Waals surface area contributed by atoms with Crippen molar-refractivity contribution >= 4 is 58.1 Å². The van der Waals surface area contributed by atoms with E-state index in [0.29, 0.717) is 211 Å². The van der Waals surface area contributed by atoms with E-state index in [-0.39, 0.29) is 73.2 Å². The van der Waals surface area contributed by atoms with Gasteiger partial charge in [-0.15, -0.1) is 5.10 Å². The molecule has 33 nitrogen and oxygen atoms in total. The zero-order chi connectivity index (χ0) is 90.2. The van der Waals surface area contributed by atoms with E-state index < -0.39 is 77.8 Å². The first-order valence-corrected chi connectivity index (χ1v) is 45.5. The van der Waals surface area contributed by atoms with Gasteiger partial charge in [-0.3, -0.25) is 29.0 Å². The van der Waals surface area contributed by atoms with Crippen LogP contribution < -0.4 is 11.1 Å². The van der Waals surface area contributed by atoms with Crippen LogP contribution in [0.1, 0.15) is 175 Å². The second kappa shape index (κ2) is 54.6. The van der Waals surface area contributed by atoms with Crippen LogP contribution >= 0.6 is 0 Å². The number of ether oxygens (including phenoxy) is 14. The van der Waals surface area contributed by atoms with Crippen molar-refractivity contribution in [2.45, 2.75) is 238 Å². The largest absolute Gasteiger partial charge is 0.460 e. The Morgan fingerprint density at radius 2 is 1.41 bits per heavy atom. The molecular formula is C93H141N11O22. The van der Waals surface area contributed by atoms with E-state index in [1.165, 1.54) is 18.3 Å². The van der Waals surface area contributed by atoms with E-state index in [2.05, 4.69) is 48.8 Å². The maximum absolute atomic E-state index is 14.8. The number of aliphatic hydroxyl groups excluding tert-OH is 1. The Morgan fingerprint density at radius 3 is 2.10 bits per heavy atom. The molecule has 5 aliphatic rings. The van der Waals surface area contributed by atoms with Gasteiger partial charge in [0, 0.05) is 109 Å². The van der Waals surface area contributed by atoms with Gasteiger partial charge in [0.25, 0.3) is 11.7 Å². The molecule has 7 heterocycles. The zero-order valence-corrected chi connectivity index (χ0v) is 76.0. The van der Waals surface area contributed by atoms with Gasteiger partial charge < -0.3 is 92.5 Å². The number of fused-ring (bicyclic) bond motifs is 5. The highest BCUT2D eigenvalue weighted by Gasteiger charge is 2.53. The summed E-state index contributed by atoms with van der Waals surface area (Å²) in [5, 5.41) is 41.0. The molecule has 0 spiro atoms. The third-order valence-corrected chi connectivity index (χ3v) is 24.3. The van der Waals surface area contributed by atoms with Gasteiger partial charge in [0.2, 0.25) is 11.7 Å². The molecule has 15 atom stereocenters. The van der Waals surface area contributed by atoms with Gasteiger partial charge in [-0.1, -0.05) is 88.4 Å². The van der Waals surface area contributed by atoms with Gasteiger partial charge in [0.1, 0.15) is 48.0 Å². The van der Waals surface area contributed by atoms with Crippen molar-refractivity contribution in [2.75, 3.05) is 152 Å². The number of aromatic nitrogens is 8. The van der Waals surface area contributed by atoms with Gasteiger partial charge in [-0.25, -0.2) is 24.1 Å². The quantitative estimate of drug-likeness (QED) is 0.0138. The molecule has 2 amide bonds. The molecule has 1 saturated carbocycles. The number of unbranched alkanes of at least 4 members (excludes halogenated alkanes) is 2. The lowest BCUT2D eigenvalue weighted by molar-refractivity contribution is -0.265. The van der Waals surface area contributed by atoms with Crippen LogP contribution in [0.2, 0.25) is 0 Å². The normalized spacial score (nSPS) is 26.9. The van der Waals surface area contributed by atoms with Crippen molar-refractivity contribution in [3.8, 4) is 11.3 Å². The highest BCUT2D eigenvalue weighted by Crippen LogP contribution is 2.39. The molecule has 2 bridgehead atoms. The number of amides is 2. The number of aliphatic hydroxyl groups is 2. The summed E-state index contributed by atoms with van der Waals surface area (Å²) >= 11 is 0. The fourth-order valence-electron chi connectivity index (χ4n) is 16.8. The summed E-state index contributed by atoms with van der Waals surface area (Å²) in [6.45, 7) is 21.8. The Labute approximate surface area is 742 Å². The minimum Gasteiger partial charge on any atom is -0.460 e. The lowest BCUT2D eigenvalue weighted by Crippen LogP contribution is -2.61. The van der Waals surface area contributed by atoms with E-state index >= 15 is 0 Å². The van der Waals surface area contributed by atoms with E-state index in [0.717, 1.165) is 79.5 Å². The Morgan fingerprint density at radius 1 is 0.722 bits per heavy atom. The van der Waals surface area contributed by atoms with Crippen LogP contribution in [0.5, 0.6) is 0 Å². The first-order valence-electron chi connectivity index (χ1n) is 45.5. The van der Waals surface area contributed by atoms with Gasteiger partial charge >= 0.3 is 5.97 Å². The van der Waals surface area contributed by atoms with Crippen LogP contribution in [-0.2, 0) is 121 Å². The van der Waals surface area contributed by atoms with Crippen molar-refractivity contribution in [1.82, 2.24) is 49.9 Å². The number of pyridine rings is 1. The predicted octanol–water partition coefficient (Wildman–Crippen LogP) is 9.29. The lowest BCUT2D eigenvalue weighted by atomic mass is 9.78. The molecule has 9 rings (SSSR count). The highest BCUT2D eigenvalue weighted by atomic mass is 16.6. The molecule has 700 valence electrons. The molecule has 2 saturated heterocycles. The number of aryl methyl sites for hydroxylation is 2. The standard InChI is InChI=1S/C93H141N11O22/c1-63-21-12-11-13-22-64(2)79(113-8)58-74-29-27-69(7)93(112,126-74)88(109)91(110)103-33-17-14-26-76(103)92(111)125-80(59-77(105)65(3)54-68(6)86(108)87(115-10)85(107)67(5)53-63)66(4)55-70-28-30-78(81(56-70)114-9)124-36-19-15-24-73-61-102(101-99-73)35-38-117-40-42-119-44-46-121-48-50-123-52-51-122-49-47-120-45-43-118-41-39-116-37-31-82(106)95-32-16-18-34-104-90-83(89(94)97-62-98-90)84(100-104)72-57-71-23-20-25-75(71)96-60-72/h11-13,20-23,54,57,60-63,65-67,69-70,74,76,78-81,86-87,108,112H,14-19,24-53,55-56,58-59H2,1-10H3,(H,95,106)(H2,94,97,98)/b13-11+,21-12+,64-22+,68-54+/t63-,65-,66-,67-,69-,70+,74+,76+,78-,79+,80+,81-,86-,87+,93-/m1/s1. The summed E-state index contributed by atoms with van der Waals surface area (Å²) in [7, 11) is 4.65. The van der Waals surface area contributed by atoms with Crippen LogP contribution in [0.4, 0.5) is 5.82 Å². The topological polar surface area (TPSA) is 401 Å². The van der Waals surface area contributed by atoms with Crippen molar-refractivity contribution < 1.29 is 105 Å². The molecule has 4 aromatic heterocycles. The molecule has 33 heteroatoms. The summed E-state index contributed by atoms with van der Waals surface area (Å²) < 4.78 is 85.4. The minimum absolute atomic E-state index is 0.00411. The number of Topliss-reactive ketones (excluding diaryl/α,β-unsaturated/α-hetero) is 3. The minimum atomic E-state index is -2.46. The number of nitrogen functional groups attached to an aromatic ring is 1. The Hall–Kier alpha value is -7.84. The van der Waals surface area contributed by atoms with Crippen molar-refractivity contribution in [1.29, 1.82) is 0 Å². The third-order valence-electron chi connectivity index (χ3n) is 24.3. The number of hydrogen-bond acceptors (Lipinski definition) is 29. The number of cyclic esters (lactones) is 1. The maximum atomic E-state index is 14.8. The van der Waals surface area contributed by atoms with Crippen molar-refractivity contribution in [3.05, 3.63) is 95.4 Å². The molecule has 2 aliphatic carbocycles. The van der Waals surface area contributed by atoms with Gasteiger partial charge in [0.15, 0.2) is 11.4 Å². The van der Waals surface area contributed by atoms with Crippen LogP contribution in [-0.4, -0.2) is 291 Å². The summed E-state index contributed by atoms with van der Waals surface area (Å²) in [6, 6.07) is 0.901. The summed E-state index contributed by atoms with van der Waals surface area (Å²) in [6.07, 6.45) is 26.2. The third kappa shape index (κ3) is 32.1. The average molecular weight is 1770 g/mol. The number of esters is 1. The fraction of sp³-hybridized carbons (Fsp3) is 0.699. The first-order chi connectivity index (χ1) is 61.0. The molecule has 4 aromatic rings. The molecule has 3 aliphatic heterocycles. The number of nitrogens with zero attached hydrogens (tertiary/aromatic N) is 9. The number of nitrogens with one attached hydrogen (secondary N) is 1. The van der Waals surface area contributed by atoms with Crippen LogP contribution in [0, 0.1) is 35.5 Å². The monoisotopic (exact) mass is 1760 g/mol. The molecule has 3 fully saturated rings. The molecular weight excluding hydrogens is 1620 g/mol. The second-order valence-corrected chi connectivity index (χ2v) is 34.0. The molecule has 5 N–H and O–H groups in total. The average Bonchev–Trinajstić information content (AvgIpc) is 1.41. The van der Waals surface area contributed by atoms with Gasteiger partial charge in [-0.05, 0) is 151 Å². The van der Waals surface area contributed by atoms with Crippen molar-refractivity contribution in [3.63, 3.8) is 0 Å². The number of anilines is 1. The SMILES string of the molecule is CO[C@H]1C[C@@H]2CC[C@@H](C)[C@@](O)(O2)C(=O)C(=O)N2CCCC[C@H]2C(=O)O[C@H]([C@H](C)C[C@@H]2CC[C@@H](OCCCCc3cn(CCOCCOCCOCCOCCOCCOCCOCCOCCC(=O)NCCCCn4nc(-c5cnc6c(c5)C=CC6)c5c(N)ncnc54)nn3)[C@H](OC)C2)CC(=O)[C@H](C)/C=C(\C)[C@@H](O)[C@@H](OC)C(=O)[C@H](C)C[C@H](C)/C=C/C=C/C=C/1C. The lowest BCUT2D eigenvalue weighted by Gasteiger charge is -2.42. The number of rotatable bonds is 45. The Kier molecular flexibility index (Phi) is 44.2. The second-order valence-electron chi connectivity index (χ2n) is 34.0. The Balaban J connectivity index is 0.587. The van der Waals surface area contributed by atoms with E-state index in [1.807, 2.05) is 75.2 Å². The summed E-state index contributed by atoms with van der Waals surface area (Å²) in [5.74, 6) is -7.87. The summed E-state index contributed by atoms with van der Waals surface area (Å²) in [4.78, 5) is 99.2. The number of ketones is 3. The number of allylic oxidation sites excluding steroid dienone is 7. The number of nitrogens with two attached hydrogens (primary N) is 1. The van der Waals surface area contributed by atoms with E-state index in [4.69, 9.17) is 77.1 Å². The molecule has 126 heavy (non-hydrogen) atoms. The van der Waals surface area contributed by atoms with E-state index in [1.54, 1.807) is 45.7 Å².